The Morgan fingerprint density at radius 2 is 2.07 bits per heavy atom. The molecule has 1 saturated heterocycles. The van der Waals surface area contributed by atoms with Crippen LogP contribution in [0.1, 0.15) is 31.3 Å². The van der Waals surface area contributed by atoms with Crippen LogP contribution in [0.3, 0.4) is 0 Å². The van der Waals surface area contributed by atoms with Crippen molar-refractivity contribution in [2.45, 2.75) is 37.3 Å². The minimum Gasteiger partial charge on any atom is -0.612 e. The van der Waals surface area contributed by atoms with Crippen LogP contribution >= 0.6 is 11.6 Å². The van der Waals surface area contributed by atoms with Gasteiger partial charge in [-0.3, -0.25) is 4.57 Å². The molecule has 1 fully saturated rings. The Kier molecular flexibility index (Phi) is 5.27. The molecular formula is C19H21ClN4O2S. The Hall–Kier alpha value is -1.80. The van der Waals surface area contributed by atoms with Crippen LogP contribution in [0.5, 0.6) is 0 Å². The molecule has 1 aliphatic heterocycles. The summed E-state index contributed by atoms with van der Waals surface area (Å²) in [6.45, 7) is 2.69. The minimum atomic E-state index is -1.11. The number of halogens is 1. The average Bonchev–Trinajstić information content (AvgIpc) is 2.98. The zero-order chi connectivity index (χ0) is 19.0. The minimum absolute atomic E-state index is 0.0713. The summed E-state index contributed by atoms with van der Waals surface area (Å²) in [6.07, 6.45) is 4.72. The first-order chi connectivity index (χ1) is 13.0. The molecule has 0 spiro atoms. The van der Waals surface area contributed by atoms with Gasteiger partial charge in [-0.15, -0.1) is 0 Å². The van der Waals surface area contributed by atoms with Crippen LogP contribution in [0, 0.1) is 6.92 Å². The van der Waals surface area contributed by atoms with Gasteiger partial charge < -0.3 is 14.6 Å². The zero-order valence-corrected chi connectivity index (χ0v) is 16.8. The first kappa shape index (κ1) is 18.6. The molecule has 1 N–H and O–H groups in total. The highest BCUT2D eigenvalue weighted by Crippen LogP contribution is 2.34. The standard InChI is InChI=1S/C19H21ClN4O2S/c1-12-21-18-14(22-13-7-3-4-8-15(13)27(2)25)11-16(20)23-19(18)24(12)17-9-5-6-10-26-17/h3-4,7-8,11,17H,5-6,9-10H2,1-2H3,(H,22,23)/t17?,27-/m1/s1. The molecule has 0 aliphatic carbocycles. The third-order valence-corrected chi connectivity index (χ3v) is 5.87. The molecule has 0 radical (unpaired) electrons. The van der Waals surface area contributed by atoms with E-state index in [0.29, 0.717) is 10.8 Å². The van der Waals surface area contributed by atoms with Gasteiger partial charge in [0.05, 0.1) is 11.4 Å². The summed E-state index contributed by atoms with van der Waals surface area (Å²) in [5, 5.41) is 3.72. The zero-order valence-electron chi connectivity index (χ0n) is 15.2. The van der Waals surface area contributed by atoms with E-state index < -0.39 is 11.2 Å². The van der Waals surface area contributed by atoms with Crippen molar-refractivity contribution < 1.29 is 9.29 Å². The molecule has 1 unspecified atom stereocenters. The second kappa shape index (κ2) is 7.67. The molecular weight excluding hydrogens is 384 g/mol. The molecule has 1 aliphatic rings. The molecule has 2 atom stereocenters. The molecule has 3 aromatic rings. The van der Waals surface area contributed by atoms with E-state index in [-0.39, 0.29) is 6.23 Å². The van der Waals surface area contributed by atoms with Gasteiger partial charge in [-0.25, -0.2) is 9.97 Å². The van der Waals surface area contributed by atoms with E-state index in [2.05, 4.69) is 10.3 Å². The van der Waals surface area contributed by atoms with Gasteiger partial charge in [-0.05, 0) is 49.5 Å². The number of ether oxygens (including phenoxy) is 1. The van der Waals surface area contributed by atoms with Crippen LogP contribution in [-0.2, 0) is 15.9 Å². The summed E-state index contributed by atoms with van der Waals surface area (Å²) in [6, 6.07) is 9.26. The number of aromatic nitrogens is 3. The third kappa shape index (κ3) is 3.65. The lowest BCUT2D eigenvalue weighted by Crippen LogP contribution is -2.19. The topological polar surface area (TPSA) is 75.0 Å². The Morgan fingerprint density at radius 3 is 2.81 bits per heavy atom. The first-order valence-electron chi connectivity index (χ1n) is 8.91. The van der Waals surface area contributed by atoms with E-state index in [1.54, 1.807) is 12.3 Å². The van der Waals surface area contributed by atoms with Gasteiger partial charge >= 0.3 is 0 Å². The summed E-state index contributed by atoms with van der Waals surface area (Å²) in [5.41, 5.74) is 2.93. The smallest absolute Gasteiger partial charge is 0.175 e. The van der Waals surface area contributed by atoms with E-state index >= 15 is 0 Å². The number of rotatable bonds is 4. The van der Waals surface area contributed by atoms with Gasteiger partial charge in [0.2, 0.25) is 0 Å². The van der Waals surface area contributed by atoms with Crippen molar-refractivity contribution in [1.82, 2.24) is 14.5 Å². The Labute approximate surface area is 166 Å². The third-order valence-electron chi connectivity index (χ3n) is 4.70. The molecule has 0 bridgehead atoms. The molecule has 0 amide bonds. The van der Waals surface area contributed by atoms with Gasteiger partial charge in [-0.2, -0.15) is 0 Å². The van der Waals surface area contributed by atoms with Gasteiger partial charge in [0, 0.05) is 12.7 Å². The summed E-state index contributed by atoms with van der Waals surface area (Å²) in [4.78, 5) is 9.97. The lowest BCUT2D eigenvalue weighted by atomic mass is 10.2. The molecule has 142 valence electrons. The summed E-state index contributed by atoms with van der Waals surface area (Å²) in [7, 11) is 0. The normalized spacial score (nSPS) is 18.6. The van der Waals surface area contributed by atoms with Gasteiger partial charge in [0.1, 0.15) is 29.0 Å². The highest BCUT2D eigenvalue weighted by Gasteiger charge is 2.23. The van der Waals surface area contributed by atoms with Crippen molar-refractivity contribution in [2.24, 2.45) is 0 Å². The van der Waals surface area contributed by atoms with Gasteiger partial charge in [0.15, 0.2) is 10.5 Å². The highest BCUT2D eigenvalue weighted by atomic mass is 35.5. The van der Waals surface area contributed by atoms with E-state index in [9.17, 15) is 4.55 Å². The van der Waals surface area contributed by atoms with Crippen molar-refractivity contribution in [1.29, 1.82) is 0 Å². The summed E-state index contributed by atoms with van der Waals surface area (Å²) >= 11 is 5.21. The predicted octanol–water partition coefficient (Wildman–Crippen LogP) is 4.57. The molecule has 8 heteroatoms. The Balaban J connectivity index is 1.80. The van der Waals surface area contributed by atoms with Crippen LogP contribution in [-0.4, -0.2) is 32.0 Å². The number of hydrogen-bond donors (Lipinski definition) is 1. The van der Waals surface area contributed by atoms with E-state index in [4.69, 9.17) is 21.3 Å². The number of anilines is 2. The number of para-hydroxylation sites is 1. The van der Waals surface area contributed by atoms with Crippen LogP contribution in [0.2, 0.25) is 5.15 Å². The summed E-state index contributed by atoms with van der Waals surface area (Å²) in [5.74, 6) is 0.835. The van der Waals surface area contributed by atoms with Crippen molar-refractivity contribution in [2.75, 3.05) is 18.2 Å². The van der Waals surface area contributed by atoms with Crippen LogP contribution in [0.4, 0.5) is 11.4 Å². The number of pyridine rings is 1. The second-order valence-corrected chi connectivity index (χ2v) is 8.33. The fourth-order valence-corrected chi connectivity index (χ4v) is 4.36. The number of nitrogens with zero attached hydrogens (tertiary/aromatic N) is 3. The molecule has 6 nitrogen and oxygen atoms in total. The maximum Gasteiger partial charge on any atom is 0.175 e. The predicted molar refractivity (Wildman–Crippen MR) is 108 cm³/mol. The second-order valence-electron chi connectivity index (χ2n) is 6.59. The number of hydrogen-bond acceptors (Lipinski definition) is 5. The van der Waals surface area contributed by atoms with E-state index in [1.807, 2.05) is 35.8 Å². The van der Waals surface area contributed by atoms with Crippen LogP contribution in [0.25, 0.3) is 11.2 Å². The lowest BCUT2D eigenvalue weighted by Gasteiger charge is -2.25. The molecule has 27 heavy (non-hydrogen) atoms. The largest absolute Gasteiger partial charge is 0.612 e. The fraction of sp³-hybridized carbons (Fsp3) is 0.368. The number of imidazole rings is 1. The van der Waals surface area contributed by atoms with E-state index in [0.717, 1.165) is 53.5 Å². The van der Waals surface area contributed by atoms with Crippen molar-refractivity contribution >= 4 is 45.3 Å². The SMILES string of the molecule is Cc1nc2c(Nc3ccccc3[S@@+](C)[O-])cc(Cl)nc2n1C1CCCCO1. The maximum absolute atomic E-state index is 12.0. The molecule has 1 aromatic carbocycles. The fourth-order valence-electron chi connectivity index (χ4n) is 3.47. The quantitative estimate of drug-likeness (QED) is 0.509. The number of nitrogens with one attached hydrogen (secondary N) is 1. The Morgan fingerprint density at radius 1 is 1.26 bits per heavy atom. The maximum atomic E-state index is 12.0. The van der Waals surface area contributed by atoms with E-state index in [1.165, 1.54) is 0 Å². The molecule has 4 rings (SSSR count). The molecule has 2 aromatic heterocycles. The van der Waals surface area contributed by atoms with Gasteiger partial charge in [-0.1, -0.05) is 23.7 Å². The van der Waals surface area contributed by atoms with Crippen molar-refractivity contribution in [3.63, 3.8) is 0 Å². The monoisotopic (exact) mass is 404 g/mol. The van der Waals surface area contributed by atoms with Crippen LogP contribution in [0.15, 0.2) is 35.2 Å². The number of aryl methyl sites for hydroxylation is 1. The number of fused-ring (bicyclic) bond motifs is 1. The highest BCUT2D eigenvalue weighted by molar-refractivity contribution is 7.90. The molecule has 0 saturated carbocycles. The summed E-state index contributed by atoms with van der Waals surface area (Å²) < 4.78 is 20.0. The number of benzene rings is 1. The first-order valence-corrected chi connectivity index (χ1v) is 10.8. The van der Waals surface area contributed by atoms with Crippen LogP contribution < -0.4 is 5.32 Å². The molecule has 3 heterocycles. The Bertz CT molecular complexity index is 970. The van der Waals surface area contributed by atoms with Crippen molar-refractivity contribution in [3.05, 3.63) is 41.3 Å². The van der Waals surface area contributed by atoms with Gasteiger partial charge in [0.25, 0.3) is 0 Å². The average molecular weight is 405 g/mol. The lowest BCUT2D eigenvalue weighted by molar-refractivity contribution is -0.0309. The van der Waals surface area contributed by atoms with Crippen molar-refractivity contribution in [3.8, 4) is 0 Å².